The van der Waals surface area contributed by atoms with Crippen LogP contribution in [-0.4, -0.2) is 38.6 Å². The van der Waals surface area contributed by atoms with Crippen LogP contribution < -0.4 is 10.1 Å². The molecule has 0 aliphatic carbocycles. The maximum Gasteiger partial charge on any atom is 0.123 e. The van der Waals surface area contributed by atoms with Gasteiger partial charge in [-0.25, -0.2) is 0 Å². The van der Waals surface area contributed by atoms with Crippen molar-refractivity contribution >= 4 is 0 Å². The number of ether oxygens (including phenoxy) is 2. The third-order valence-electron chi connectivity index (χ3n) is 2.87. The second-order valence-electron chi connectivity index (χ2n) is 4.48. The summed E-state index contributed by atoms with van der Waals surface area (Å²) in [4.78, 5) is 0. The molecule has 2 N–H and O–H groups in total. The zero-order chi connectivity index (χ0) is 13.5. The quantitative estimate of drug-likeness (QED) is 0.776. The summed E-state index contributed by atoms with van der Waals surface area (Å²) < 4.78 is 10.2. The van der Waals surface area contributed by atoms with Gasteiger partial charge >= 0.3 is 0 Å². The van der Waals surface area contributed by atoms with Gasteiger partial charge in [0.1, 0.15) is 5.75 Å². The summed E-state index contributed by atoms with van der Waals surface area (Å²) in [7, 11) is 3.25. The molecule has 0 aromatic heterocycles. The Kier molecular flexibility index (Phi) is 6.12. The first-order chi connectivity index (χ1) is 8.58. The minimum atomic E-state index is -0.492. The van der Waals surface area contributed by atoms with Crippen LogP contribution in [0.5, 0.6) is 5.75 Å². The molecule has 0 spiro atoms. The molecule has 4 heteroatoms. The van der Waals surface area contributed by atoms with E-state index in [0.29, 0.717) is 13.2 Å². The van der Waals surface area contributed by atoms with Crippen LogP contribution >= 0.6 is 0 Å². The molecule has 18 heavy (non-hydrogen) atoms. The molecule has 1 rings (SSSR count). The van der Waals surface area contributed by atoms with Crippen LogP contribution in [0.4, 0.5) is 0 Å². The molecule has 0 heterocycles. The molecule has 1 aromatic carbocycles. The second kappa shape index (κ2) is 7.36. The molecule has 0 saturated carbocycles. The van der Waals surface area contributed by atoms with Crippen molar-refractivity contribution in [2.45, 2.75) is 26.0 Å². The van der Waals surface area contributed by atoms with E-state index in [0.717, 1.165) is 11.3 Å². The van der Waals surface area contributed by atoms with Gasteiger partial charge in [0.2, 0.25) is 0 Å². The van der Waals surface area contributed by atoms with E-state index in [-0.39, 0.29) is 6.04 Å². The van der Waals surface area contributed by atoms with Gasteiger partial charge in [-0.3, -0.25) is 0 Å². The van der Waals surface area contributed by atoms with E-state index in [2.05, 4.69) is 25.2 Å². The predicted octanol–water partition coefficient (Wildman–Crippen LogP) is 1.66. The third-order valence-corrected chi connectivity index (χ3v) is 2.87. The van der Waals surface area contributed by atoms with E-state index >= 15 is 0 Å². The zero-order valence-electron chi connectivity index (χ0n) is 11.6. The van der Waals surface area contributed by atoms with E-state index in [4.69, 9.17) is 9.47 Å². The molecule has 2 unspecified atom stereocenters. The first-order valence-corrected chi connectivity index (χ1v) is 6.13. The highest BCUT2D eigenvalue weighted by Crippen LogP contribution is 2.25. The number of hydrogen-bond donors (Lipinski definition) is 2. The lowest BCUT2D eigenvalue weighted by molar-refractivity contribution is 0.0630. The van der Waals surface area contributed by atoms with Gasteiger partial charge < -0.3 is 19.9 Å². The van der Waals surface area contributed by atoms with Crippen molar-refractivity contribution in [3.8, 4) is 5.75 Å². The Balaban J connectivity index is 2.65. The van der Waals surface area contributed by atoms with Gasteiger partial charge in [0, 0.05) is 25.3 Å². The number of methoxy groups -OCH3 is 2. The minimum Gasteiger partial charge on any atom is -0.496 e. The van der Waals surface area contributed by atoms with Gasteiger partial charge in [0.25, 0.3) is 0 Å². The van der Waals surface area contributed by atoms with Crippen molar-refractivity contribution in [2.24, 2.45) is 0 Å². The second-order valence-corrected chi connectivity index (χ2v) is 4.48. The highest BCUT2D eigenvalue weighted by molar-refractivity contribution is 5.38. The number of benzene rings is 1. The van der Waals surface area contributed by atoms with Crippen molar-refractivity contribution in [3.63, 3.8) is 0 Å². The molecule has 0 radical (unpaired) electrons. The Morgan fingerprint density at radius 1 is 1.33 bits per heavy atom. The average molecular weight is 253 g/mol. The van der Waals surface area contributed by atoms with Crippen LogP contribution in [-0.2, 0) is 4.74 Å². The molecular weight excluding hydrogens is 230 g/mol. The van der Waals surface area contributed by atoms with E-state index in [9.17, 15) is 5.11 Å². The van der Waals surface area contributed by atoms with Gasteiger partial charge in [0.15, 0.2) is 0 Å². The molecule has 0 aliphatic rings. The predicted molar refractivity (Wildman–Crippen MR) is 72.0 cm³/mol. The molecule has 0 amide bonds. The first kappa shape index (κ1) is 15.0. The summed E-state index contributed by atoms with van der Waals surface area (Å²) in [5, 5.41) is 12.9. The Morgan fingerprint density at radius 2 is 2.06 bits per heavy atom. The lowest BCUT2D eigenvalue weighted by atomic mass is 10.0. The summed E-state index contributed by atoms with van der Waals surface area (Å²) in [6.45, 7) is 4.93. The Labute approximate surface area is 109 Å². The number of aliphatic hydroxyl groups is 1. The topological polar surface area (TPSA) is 50.7 Å². The minimum absolute atomic E-state index is 0.117. The summed E-state index contributed by atoms with van der Waals surface area (Å²) in [5.41, 5.74) is 2.29. The Bertz CT molecular complexity index is 368. The summed E-state index contributed by atoms with van der Waals surface area (Å²) >= 11 is 0. The fourth-order valence-corrected chi connectivity index (χ4v) is 1.87. The van der Waals surface area contributed by atoms with Crippen LogP contribution in [0.1, 0.15) is 24.1 Å². The molecule has 4 nitrogen and oxygen atoms in total. The zero-order valence-corrected chi connectivity index (χ0v) is 11.6. The summed E-state index contributed by atoms with van der Waals surface area (Å²) in [6, 6.07) is 6.20. The van der Waals surface area contributed by atoms with Gasteiger partial charge in [-0.15, -0.1) is 0 Å². The molecule has 1 aromatic rings. The number of hydrogen-bond acceptors (Lipinski definition) is 4. The Hall–Kier alpha value is -1.10. The molecule has 102 valence electrons. The van der Waals surface area contributed by atoms with Crippen LogP contribution in [0, 0.1) is 6.92 Å². The van der Waals surface area contributed by atoms with Crippen molar-refractivity contribution in [1.29, 1.82) is 0 Å². The van der Waals surface area contributed by atoms with Gasteiger partial charge in [-0.2, -0.15) is 0 Å². The van der Waals surface area contributed by atoms with E-state index < -0.39 is 6.10 Å². The van der Waals surface area contributed by atoms with Crippen molar-refractivity contribution in [1.82, 2.24) is 5.32 Å². The number of rotatable bonds is 7. The number of aryl methyl sites for hydroxylation is 1. The van der Waals surface area contributed by atoms with Gasteiger partial charge in [-0.05, 0) is 19.9 Å². The van der Waals surface area contributed by atoms with E-state index in [1.54, 1.807) is 14.2 Å². The SMILES string of the molecule is COCC(O)CNC(C)c1cc(C)ccc1OC. The third kappa shape index (κ3) is 4.29. The lowest BCUT2D eigenvalue weighted by Gasteiger charge is -2.19. The average Bonchev–Trinajstić information content (AvgIpc) is 2.36. The fraction of sp³-hybridized carbons (Fsp3) is 0.571. The summed E-state index contributed by atoms with van der Waals surface area (Å²) in [5.74, 6) is 0.863. The van der Waals surface area contributed by atoms with Gasteiger partial charge in [-0.1, -0.05) is 17.7 Å². The molecule has 2 atom stereocenters. The molecule has 0 saturated heterocycles. The van der Waals surface area contributed by atoms with E-state index in [1.165, 1.54) is 5.56 Å². The molecule has 0 bridgehead atoms. The van der Waals surface area contributed by atoms with E-state index in [1.807, 2.05) is 12.1 Å². The standard InChI is InChI=1S/C14H23NO3/c1-10-5-6-14(18-4)13(7-10)11(2)15-8-12(16)9-17-3/h5-7,11-12,15-16H,8-9H2,1-4H3. The summed E-state index contributed by atoms with van der Waals surface area (Å²) in [6.07, 6.45) is -0.492. The number of aliphatic hydroxyl groups excluding tert-OH is 1. The van der Waals surface area contributed by atoms with Crippen molar-refractivity contribution < 1.29 is 14.6 Å². The van der Waals surface area contributed by atoms with Crippen LogP contribution in [0.25, 0.3) is 0 Å². The number of nitrogens with one attached hydrogen (secondary N) is 1. The monoisotopic (exact) mass is 253 g/mol. The van der Waals surface area contributed by atoms with Crippen molar-refractivity contribution in [2.75, 3.05) is 27.4 Å². The maximum absolute atomic E-state index is 9.61. The van der Waals surface area contributed by atoms with Crippen LogP contribution in [0.3, 0.4) is 0 Å². The smallest absolute Gasteiger partial charge is 0.123 e. The van der Waals surface area contributed by atoms with Crippen LogP contribution in [0.15, 0.2) is 18.2 Å². The van der Waals surface area contributed by atoms with Crippen LogP contribution in [0.2, 0.25) is 0 Å². The fourth-order valence-electron chi connectivity index (χ4n) is 1.87. The molecule has 0 aliphatic heterocycles. The van der Waals surface area contributed by atoms with Gasteiger partial charge in [0.05, 0.1) is 19.8 Å². The normalized spacial score (nSPS) is 14.3. The van der Waals surface area contributed by atoms with Crippen molar-refractivity contribution in [3.05, 3.63) is 29.3 Å². The Morgan fingerprint density at radius 3 is 2.67 bits per heavy atom. The highest BCUT2D eigenvalue weighted by Gasteiger charge is 2.13. The molecular formula is C14H23NO3. The molecule has 0 fully saturated rings. The first-order valence-electron chi connectivity index (χ1n) is 6.13. The highest BCUT2D eigenvalue weighted by atomic mass is 16.5. The largest absolute Gasteiger partial charge is 0.496 e. The lowest BCUT2D eigenvalue weighted by Crippen LogP contribution is -2.32. The maximum atomic E-state index is 9.61.